The Labute approximate surface area is 149 Å². The Morgan fingerprint density at radius 2 is 2.16 bits per heavy atom. The normalized spacial score (nSPS) is 24.7. The molecule has 0 spiro atoms. The first kappa shape index (κ1) is 19.6. The van der Waals surface area contributed by atoms with E-state index in [9.17, 15) is 9.59 Å². The van der Waals surface area contributed by atoms with E-state index in [0.717, 1.165) is 32.1 Å². The maximum absolute atomic E-state index is 12.4. The van der Waals surface area contributed by atoms with Crippen molar-refractivity contribution in [1.29, 1.82) is 0 Å². The van der Waals surface area contributed by atoms with Crippen molar-refractivity contribution in [2.24, 2.45) is 17.6 Å². The number of nitrogens with zero attached hydrogens (tertiary/aromatic N) is 1. The number of nitrogens with one attached hydrogen (secondary N) is 1. The SMILES string of the molecule is CCc1cc(C(=O)N[C@@H]2CC[C@@H](CC(=O)C[C@@H](C)N)C[C@@H]2CC)no1. The number of aryl methyl sites for hydroxylation is 1. The molecule has 6 nitrogen and oxygen atoms in total. The summed E-state index contributed by atoms with van der Waals surface area (Å²) in [7, 11) is 0. The minimum atomic E-state index is -0.168. The fourth-order valence-corrected chi connectivity index (χ4v) is 3.78. The van der Waals surface area contributed by atoms with E-state index >= 15 is 0 Å². The number of carbonyl (C=O) groups is 2. The predicted molar refractivity (Wildman–Crippen MR) is 96.1 cm³/mol. The summed E-state index contributed by atoms with van der Waals surface area (Å²) in [6, 6.07) is 1.77. The molecule has 2 rings (SSSR count). The maximum atomic E-state index is 12.4. The van der Waals surface area contributed by atoms with Crippen LogP contribution in [0, 0.1) is 11.8 Å². The fraction of sp³-hybridized carbons (Fsp3) is 0.737. The number of rotatable bonds is 8. The lowest BCUT2D eigenvalue weighted by Crippen LogP contribution is -2.44. The van der Waals surface area contributed by atoms with Gasteiger partial charge in [-0.25, -0.2) is 0 Å². The topological polar surface area (TPSA) is 98.2 Å². The van der Waals surface area contributed by atoms with Crippen LogP contribution in [0.2, 0.25) is 0 Å². The molecule has 0 aromatic carbocycles. The van der Waals surface area contributed by atoms with Crippen molar-refractivity contribution >= 4 is 11.7 Å². The Balaban J connectivity index is 1.88. The predicted octanol–water partition coefficient (Wildman–Crippen LogP) is 2.86. The van der Waals surface area contributed by atoms with E-state index in [1.165, 1.54) is 0 Å². The second-order valence-corrected chi connectivity index (χ2v) is 7.38. The van der Waals surface area contributed by atoms with E-state index in [1.807, 2.05) is 13.8 Å². The van der Waals surface area contributed by atoms with Crippen molar-refractivity contribution in [2.75, 3.05) is 0 Å². The number of carbonyl (C=O) groups excluding carboxylic acids is 2. The van der Waals surface area contributed by atoms with E-state index < -0.39 is 0 Å². The average molecular weight is 349 g/mol. The highest BCUT2D eigenvalue weighted by atomic mass is 16.5. The summed E-state index contributed by atoms with van der Waals surface area (Å²) in [5.41, 5.74) is 6.06. The third kappa shape index (κ3) is 5.66. The van der Waals surface area contributed by atoms with Gasteiger partial charge in [-0.05, 0) is 38.0 Å². The lowest BCUT2D eigenvalue weighted by Gasteiger charge is -2.36. The van der Waals surface area contributed by atoms with E-state index in [-0.39, 0.29) is 23.8 Å². The summed E-state index contributed by atoms with van der Waals surface area (Å²) in [4.78, 5) is 24.4. The van der Waals surface area contributed by atoms with Crippen molar-refractivity contribution in [1.82, 2.24) is 10.5 Å². The van der Waals surface area contributed by atoms with Gasteiger partial charge in [-0.3, -0.25) is 9.59 Å². The number of Topliss-reactive ketones (excluding diaryl/α,β-unsaturated/α-hetero) is 1. The molecule has 4 atom stereocenters. The highest BCUT2D eigenvalue weighted by molar-refractivity contribution is 5.92. The second-order valence-electron chi connectivity index (χ2n) is 7.38. The number of hydrogen-bond donors (Lipinski definition) is 2. The highest BCUT2D eigenvalue weighted by Crippen LogP contribution is 2.34. The molecule has 0 unspecified atom stereocenters. The molecule has 1 saturated carbocycles. The highest BCUT2D eigenvalue weighted by Gasteiger charge is 2.32. The van der Waals surface area contributed by atoms with Crippen molar-refractivity contribution < 1.29 is 14.1 Å². The van der Waals surface area contributed by atoms with Crippen LogP contribution in [0.3, 0.4) is 0 Å². The minimum absolute atomic E-state index is 0.0689. The Hall–Kier alpha value is -1.69. The van der Waals surface area contributed by atoms with Crippen LogP contribution in [-0.2, 0) is 11.2 Å². The van der Waals surface area contributed by atoms with Gasteiger partial charge in [-0.1, -0.05) is 25.4 Å². The quantitative estimate of drug-likeness (QED) is 0.752. The molecule has 1 fully saturated rings. The van der Waals surface area contributed by atoms with Crippen molar-refractivity contribution in [3.8, 4) is 0 Å². The zero-order chi connectivity index (χ0) is 18.4. The molecule has 1 heterocycles. The molecule has 1 aromatic heterocycles. The van der Waals surface area contributed by atoms with Gasteiger partial charge in [0, 0.05) is 37.4 Å². The van der Waals surface area contributed by atoms with Crippen LogP contribution in [-0.4, -0.2) is 28.9 Å². The standard InChI is InChI=1S/C19H31N3O3/c1-4-14-9-13(10-15(23)8-12(3)20)6-7-17(14)21-19(24)18-11-16(5-2)25-22-18/h11-14,17H,4-10,20H2,1-3H3,(H,21,24)/t12-,13-,14+,17-/m1/s1. The first-order chi connectivity index (χ1) is 11.9. The lowest BCUT2D eigenvalue weighted by atomic mass is 9.74. The third-order valence-electron chi connectivity index (χ3n) is 5.14. The number of nitrogens with two attached hydrogens (primary N) is 1. The Bertz CT molecular complexity index is 582. The molecule has 1 aliphatic rings. The molecule has 1 aliphatic carbocycles. The largest absolute Gasteiger partial charge is 0.361 e. The summed E-state index contributed by atoms with van der Waals surface area (Å²) in [6.07, 6.45) is 5.62. The van der Waals surface area contributed by atoms with Crippen molar-refractivity contribution in [2.45, 2.75) is 77.8 Å². The Kier molecular flexibility index (Phi) is 7.17. The summed E-state index contributed by atoms with van der Waals surface area (Å²) in [5, 5.41) is 6.95. The molecular weight excluding hydrogens is 318 g/mol. The first-order valence-corrected chi connectivity index (χ1v) is 9.46. The first-order valence-electron chi connectivity index (χ1n) is 9.46. The van der Waals surface area contributed by atoms with E-state index in [1.54, 1.807) is 6.07 Å². The summed E-state index contributed by atoms with van der Waals surface area (Å²) in [5.74, 6) is 1.60. The van der Waals surface area contributed by atoms with Crippen LogP contribution in [0.25, 0.3) is 0 Å². The molecule has 1 amide bonds. The van der Waals surface area contributed by atoms with Crippen molar-refractivity contribution in [3.05, 3.63) is 17.5 Å². The molecule has 0 bridgehead atoms. The van der Waals surface area contributed by atoms with Crippen LogP contribution in [0.15, 0.2) is 10.6 Å². The zero-order valence-electron chi connectivity index (χ0n) is 15.6. The lowest BCUT2D eigenvalue weighted by molar-refractivity contribution is -0.120. The summed E-state index contributed by atoms with van der Waals surface area (Å²) < 4.78 is 5.11. The maximum Gasteiger partial charge on any atom is 0.273 e. The van der Waals surface area contributed by atoms with Gasteiger partial charge in [-0.15, -0.1) is 0 Å². The third-order valence-corrected chi connectivity index (χ3v) is 5.14. The molecular formula is C19H31N3O3. The number of ketones is 1. The van der Waals surface area contributed by atoms with Crippen LogP contribution < -0.4 is 11.1 Å². The van der Waals surface area contributed by atoms with Gasteiger partial charge in [0.05, 0.1) is 0 Å². The Morgan fingerprint density at radius 3 is 2.76 bits per heavy atom. The number of hydrogen-bond acceptors (Lipinski definition) is 5. The van der Waals surface area contributed by atoms with Crippen LogP contribution >= 0.6 is 0 Å². The molecule has 140 valence electrons. The van der Waals surface area contributed by atoms with Crippen molar-refractivity contribution in [3.63, 3.8) is 0 Å². The van der Waals surface area contributed by atoms with E-state index in [2.05, 4.69) is 17.4 Å². The van der Waals surface area contributed by atoms with Gasteiger partial charge in [0.25, 0.3) is 5.91 Å². The summed E-state index contributed by atoms with van der Waals surface area (Å²) in [6.45, 7) is 5.97. The fourth-order valence-electron chi connectivity index (χ4n) is 3.78. The molecule has 6 heteroatoms. The monoisotopic (exact) mass is 349 g/mol. The molecule has 0 radical (unpaired) electrons. The average Bonchev–Trinajstić information content (AvgIpc) is 3.04. The number of amides is 1. The van der Waals surface area contributed by atoms with Gasteiger partial charge in [0.15, 0.2) is 5.69 Å². The zero-order valence-corrected chi connectivity index (χ0v) is 15.6. The summed E-state index contributed by atoms with van der Waals surface area (Å²) >= 11 is 0. The van der Waals surface area contributed by atoms with E-state index in [0.29, 0.717) is 36.1 Å². The van der Waals surface area contributed by atoms with Gasteiger partial charge in [0.2, 0.25) is 0 Å². The molecule has 3 N–H and O–H groups in total. The van der Waals surface area contributed by atoms with Gasteiger partial charge < -0.3 is 15.6 Å². The second kappa shape index (κ2) is 9.13. The molecule has 0 aliphatic heterocycles. The minimum Gasteiger partial charge on any atom is -0.361 e. The van der Waals surface area contributed by atoms with Crippen LogP contribution in [0.1, 0.15) is 75.5 Å². The molecule has 25 heavy (non-hydrogen) atoms. The smallest absolute Gasteiger partial charge is 0.273 e. The Morgan fingerprint density at radius 1 is 1.40 bits per heavy atom. The van der Waals surface area contributed by atoms with Crippen LogP contribution in [0.4, 0.5) is 0 Å². The van der Waals surface area contributed by atoms with Gasteiger partial charge in [-0.2, -0.15) is 0 Å². The van der Waals surface area contributed by atoms with Crippen LogP contribution in [0.5, 0.6) is 0 Å². The van der Waals surface area contributed by atoms with Gasteiger partial charge >= 0.3 is 0 Å². The number of aromatic nitrogens is 1. The molecule has 0 saturated heterocycles. The van der Waals surface area contributed by atoms with Gasteiger partial charge in [0.1, 0.15) is 11.5 Å². The molecule has 1 aromatic rings. The van der Waals surface area contributed by atoms with E-state index in [4.69, 9.17) is 10.3 Å².